The summed E-state index contributed by atoms with van der Waals surface area (Å²) in [4.78, 5) is 0. The Labute approximate surface area is 157 Å². The van der Waals surface area contributed by atoms with Crippen LogP contribution in [0.5, 0.6) is 11.5 Å². The average Bonchev–Trinajstić information content (AvgIpc) is 2.72. The summed E-state index contributed by atoms with van der Waals surface area (Å²) in [5, 5.41) is 16.6. The van der Waals surface area contributed by atoms with Crippen LogP contribution in [-0.4, -0.2) is 24.6 Å². The van der Waals surface area contributed by atoms with Crippen LogP contribution in [-0.2, 0) is 0 Å². The summed E-state index contributed by atoms with van der Waals surface area (Å²) >= 11 is 0. The molecule has 1 N–H and O–H groups in total. The highest BCUT2D eigenvalue weighted by Crippen LogP contribution is 2.27. The Hall–Kier alpha value is -3.53. The average molecular weight is 357 g/mol. The van der Waals surface area contributed by atoms with Gasteiger partial charge in [-0.25, -0.2) is 0 Å². The van der Waals surface area contributed by atoms with Gasteiger partial charge in [-0.3, -0.25) is 0 Å². The van der Waals surface area contributed by atoms with E-state index in [1.54, 1.807) is 0 Å². The van der Waals surface area contributed by atoms with Crippen LogP contribution in [0, 0.1) is 0 Å². The Balaban J connectivity index is 1.44. The molecule has 0 amide bonds. The first-order valence-electron chi connectivity index (χ1n) is 8.79. The van der Waals surface area contributed by atoms with Gasteiger partial charge in [-0.05, 0) is 39.7 Å². The smallest absolute Gasteiger partial charge is 0.129 e. The molecule has 0 spiro atoms. The second-order valence-electron chi connectivity index (χ2n) is 6.15. The molecular formula is C23H19NO3. The van der Waals surface area contributed by atoms with Gasteiger partial charge in [-0.1, -0.05) is 65.8 Å². The van der Waals surface area contributed by atoms with E-state index in [0.29, 0.717) is 19.0 Å². The molecule has 0 fully saturated rings. The van der Waals surface area contributed by atoms with Gasteiger partial charge in [-0.15, -0.1) is 0 Å². The molecule has 4 heteroatoms. The third-order valence-corrected chi connectivity index (χ3v) is 4.45. The Morgan fingerprint density at radius 2 is 1.44 bits per heavy atom. The molecule has 0 aliphatic rings. The quantitative estimate of drug-likeness (QED) is 0.222. The lowest BCUT2D eigenvalue weighted by Gasteiger charge is -2.12. The predicted octanol–water partition coefficient (Wildman–Crippen LogP) is 5.26. The molecule has 0 aromatic heterocycles. The fourth-order valence-corrected chi connectivity index (χ4v) is 3.16. The number of fused-ring (bicyclic) bond motifs is 2. The van der Waals surface area contributed by atoms with Crippen LogP contribution in [0.15, 0.2) is 84.0 Å². The molecule has 134 valence electrons. The lowest BCUT2D eigenvalue weighted by molar-refractivity contribution is 0.217. The van der Waals surface area contributed by atoms with Crippen molar-refractivity contribution in [1.29, 1.82) is 0 Å². The van der Waals surface area contributed by atoms with Gasteiger partial charge in [0.2, 0.25) is 0 Å². The predicted molar refractivity (Wildman–Crippen MR) is 108 cm³/mol. The highest BCUT2D eigenvalue weighted by atomic mass is 16.5. The summed E-state index contributed by atoms with van der Waals surface area (Å²) in [6.45, 7) is 0.804. The van der Waals surface area contributed by atoms with E-state index in [4.69, 9.17) is 14.7 Å². The van der Waals surface area contributed by atoms with Crippen molar-refractivity contribution in [2.24, 2.45) is 5.16 Å². The molecule has 0 aliphatic heterocycles. The van der Waals surface area contributed by atoms with Crippen LogP contribution in [0.1, 0.15) is 5.56 Å². The standard InChI is InChI=1S/C23H19NO3/c25-24-16-22-21-8-4-3-6-18(21)10-12-23(22)27-14-13-26-20-11-9-17-5-1-2-7-19(17)15-20/h1-12,15-16,25H,13-14H2. The van der Waals surface area contributed by atoms with Crippen molar-refractivity contribution in [3.05, 3.63) is 84.4 Å². The van der Waals surface area contributed by atoms with E-state index >= 15 is 0 Å². The molecule has 0 unspecified atom stereocenters. The normalized spacial score (nSPS) is 11.3. The van der Waals surface area contributed by atoms with Gasteiger partial charge in [0.05, 0.1) is 6.21 Å². The fraction of sp³-hybridized carbons (Fsp3) is 0.0870. The lowest BCUT2D eigenvalue weighted by atomic mass is 10.0. The van der Waals surface area contributed by atoms with Crippen LogP contribution < -0.4 is 9.47 Å². The largest absolute Gasteiger partial charge is 0.490 e. The van der Waals surface area contributed by atoms with Crippen molar-refractivity contribution in [2.45, 2.75) is 0 Å². The van der Waals surface area contributed by atoms with Crippen LogP contribution in [0.25, 0.3) is 21.5 Å². The number of ether oxygens (including phenoxy) is 2. The van der Waals surface area contributed by atoms with E-state index in [9.17, 15) is 0 Å². The molecule has 27 heavy (non-hydrogen) atoms. The molecule has 0 saturated carbocycles. The molecule has 0 aliphatic carbocycles. The van der Waals surface area contributed by atoms with E-state index in [0.717, 1.165) is 27.5 Å². The summed E-state index contributed by atoms with van der Waals surface area (Å²) in [6, 6.07) is 26.0. The van der Waals surface area contributed by atoms with Crippen LogP contribution in [0.4, 0.5) is 0 Å². The van der Waals surface area contributed by atoms with Crippen molar-refractivity contribution >= 4 is 27.8 Å². The third kappa shape index (κ3) is 3.70. The van der Waals surface area contributed by atoms with Gasteiger partial charge in [0.15, 0.2) is 0 Å². The van der Waals surface area contributed by atoms with Gasteiger partial charge in [0.1, 0.15) is 24.7 Å². The maximum Gasteiger partial charge on any atom is 0.129 e. The molecule has 4 aromatic carbocycles. The zero-order valence-corrected chi connectivity index (χ0v) is 14.7. The lowest BCUT2D eigenvalue weighted by Crippen LogP contribution is -2.10. The molecule has 0 heterocycles. The number of nitrogens with zero attached hydrogens (tertiary/aromatic N) is 1. The zero-order chi connectivity index (χ0) is 18.5. The third-order valence-electron chi connectivity index (χ3n) is 4.45. The summed E-state index contributed by atoms with van der Waals surface area (Å²) in [5.74, 6) is 1.47. The highest BCUT2D eigenvalue weighted by molar-refractivity contribution is 6.02. The molecule has 0 radical (unpaired) electrons. The van der Waals surface area contributed by atoms with Crippen molar-refractivity contribution in [3.63, 3.8) is 0 Å². The summed E-state index contributed by atoms with van der Waals surface area (Å²) in [5.41, 5.74) is 0.751. The van der Waals surface area contributed by atoms with Crippen LogP contribution in [0.2, 0.25) is 0 Å². The fourth-order valence-electron chi connectivity index (χ4n) is 3.16. The van der Waals surface area contributed by atoms with E-state index in [-0.39, 0.29) is 0 Å². The van der Waals surface area contributed by atoms with Gasteiger partial charge >= 0.3 is 0 Å². The molecule has 4 aromatic rings. The molecule has 0 saturated heterocycles. The monoisotopic (exact) mass is 357 g/mol. The van der Waals surface area contributed by atoms with Crippen LogP contribution >= 0.6 is 0 Å². The van der Waals surface area contributed by atoms with E-state index < -0.39 is 0 Å². The maximum absolute atomic E-state index is 9.00. The zero-order valence-electron chi connectivity index (χ0n) is 14.7. The Morgan fingerprint density at radius 3 is 2.30 bits per heavy atom. The number of rotatable bonds is 6. The second-order valence-corrected chi connectivity index (χ2v) is 6.15. The Morgan fingerprint density at radius 1 is 0.741 bits per heavy atom. The van der Waals surface area contributed by atoms with Crippen molar-refractivity contribution < 1.29 is 14.7 Å². The molecule has 4 nitrogen and oxygen atoms in total. The molecule has 0 atom stereocenters. The van der Waals surface area contributed by atoms with E-state index in [1.165, 1.54) is 11.6 Å². The van der Waals surface area contributed by atoms with E-state index in [1.807, 2.05) is 66.7 Å². The summed E-state index contributed by atoms with van der Waals surface area (Å²) in [7, 11) is 0. The number of oxime groups is 1. The van der Waals surface area contributed by atoms with Gasteiger partial charge in [-0.2, -0.15) is 0 Å². The first kappa shape index (κ1) is 16.9. The summed E-state index contributed by atoms with van der Waals surface area (Å²) < 4.78 is 11.7. The summed E-state index contributed by atoms with van der Waals surface area (Å²) in [6.07, 6.45) is 1.40. The van der Waals surface area contributed by atoms with Gasteiger partial charge < -0.3 is 14.7 Å². The van der Waals surface area contributed by atoms with Gasteiger partial charge in [0.25, 0.3) is 0 Å². The number of hydrogen-bond donors (Lipinski definition) is 1. The SMILES string of the molecule is ON=Cc1c(OCCOc2ccc3ccccc3c2)ccc2ccccc12. The van der Waals surface area contributed by atoms with E-state index in [2.05, 4.69) is 17.3 Å². The maximum atomic E-state index is 9.00. The topological polar surface area (TPSA) is 51.1 Å². The Bertz CT molecular complexity index is 1100. The Kier molecular flexibility index (Phi) is 4.88. The minimum atomic E-state index is 0.386. The first-order chi connectivity index (χ1) is 13.3. The van der Waals surface area contributed by atoms with Crippen molar-refractivity contribution in [1.82, 2.24) is 0 Å². The number of benzene rings is 4. The minimum absolute atomic E-state index is 0.386. The highest BCUT2D eigenvalue weighted by Gasteiger charge is 2.07. The van der Waals surface area contributed by atoms with Crippen LogP contribution in [0.3, 0.4) is 0 Å². The van der Waals surface area contributed by atoms with Crippen molar-refractivity contribution in [2.75, 3.05) is 13.2 Å². The van der Waals surface area contributed by atoms with Gasteiger partial charge in [0, 0.05) is 5.56 Å². The molecule has 0 bridgehead atoms. The second kappa shape index (κ2) is 7.79. The van der Waals surface area contributed by atoms with Crippen molar-refractivity contribution in [3.8, 4) is 11.5 Å². The minimum Gasteiger partial charge on any atom is -0.490 e. The molecule has 4 rings (SSSR count). The molecular weight excluding hydrogens is 338 g/mol. The first-order valence-corrected chi connectivity index (χ1v) is 8.79. The number of hydrogen-bond acceptors (Lipinski definition) is 4.